The Morgan fingerprint density at radius 3 is 2.67 bits per heavy atom. The van der Waals surface area contributed by atoms with Crippen LogP contribution < -0.4 is 9.80 Å². The third kappa shape index (κ3) is 3.02. The number of carbonyl (C=O) groups is 2. The van der Waals surface area contributed by atoms with Crippen LogP contribution in [0.5, 0.6) is 0 Å². The molecule has 0 unspecified atom stereocenters. The maximum Gasteiger partial charge on any atom is 0.294 e. The molecule has 138 valence electrons. The number of hydrogen-bond donors (Lipinski definition) is 0. The molecule has 1 aliphatic rings. The van der Waals surface area contributed by atoms with Crippen LogP contribution in [0.4, 0.5) is 11.4 Å². The molecular weight excluding hydrogens is 364 g/mol. The first-order valence-corrected chi connectivity index (χ1v) is 9.37. The Bertz CT molecular complexity index is 1010. The molecule has 2 amide bonds. The summed E-state index contributed by atoms with van der Waals surface area (Å²) in [7, 11) is 0. The van der Waals surface area contributed by atoms with Crippen LogP contribution in [0, 0.1) is 6.92 Å². The number of amides is 2. The molecule has 0 saturated heterocycles. The second kappa shape index (κ2) is 6.62. The lowest BCUT2D eigenvalue weighted by Crippen LogP contribution is -2.51. The number of carbonyl (C=O) groups excluding carboxylic acids is 2. The lowest BCUT2D eigenvalue weighted by molar-refractivity contribution is -0.117. The van der Waals surface area contributed by atoms with E-state index in [0.717, 1.165) is 15.6 Å². The second-order valence-electron chi connectivity index (χ2n) is 6.46. The van der Waals surface area contributed by atoms with Gasteiger partial charge in [-0.2, -0.15) is 0 Å². The summed E-state index contributed by atoms with van der Waals surface area (Å²) in [6.45, 7) is 5.73. The lowest BCUT2D eigenvalue weighted by atomic mass is 10.0. The summed E-state index contributed by atoms with van der Waals surface area (Å²) in [5.41, 5.74) is 2.22. The van der Waals surface area contributed by atoms with Crippen LogP contribution >= 0.6 is 11.3 Å². The highest BCUT2D eigenvalue weighted by atomic mass is 32.1. The molecule has 3 heterocycles. The zero-order valence-electron chi connectivity index (χ0n) is 15.2. The number of nitrogens with zero attached hydrogens (tertiary/aromatic N) is 4. The minimum atomic E-state index is -0.234. The minimum absolute atomic E-state index is 0.0617. The normalized spacial score (nSPS) is 16.3. The van der Waals surface area contributed by atoms with Crippen LogP contribution in [0.15, 0.2) is 41.0 Å². The third-order valence-corrected chi connectivity index (χ3v) is 5.39. The summed E-state index contributed by atoms with van der Waals surface area (Å²) in [5.74, 6) is -0.0307. The van der Waals surface area contributed by atoms with Crippen LogP contribution in [0.3, 0.4) is 0 Å². The fraction of sp³-hybridized carbons (Fsp3) is 0.263. The summed E-state index contributed by atoms with van der Waals surface area (Å²) in [4.78, 5) is 28.6. The smallest absolute Gasteiger partial charge is 0.294 e. The van der Waals surface area contributed by atoms with Crippen molar-refractivity contribution < 1.29 is 14.0 Å². The maximum absolute atomic E-state index is 13.0. The van der Waals surface area contributed by atoms with Gasteiger partial charge in [0.05, 0.1) is 23.7 Å². The van der Waals surface area contributed by atoms with E-state index < -0.39 is 0 Å². The van der Waals surface area contributed by atoms with Gasteiger partial charge in [-0.3, -0.25) is 9.59 Å². The van der Waals surface area contributed by atoms with Crippen LogP contribution in [0.25, 0.3) is 10.6 Å². The van der Waals surface area contributed by atoms with Crippen LogP contribution in [0.1, 0.15) is 29.4 Å². The molecule has 0 saturated carbocycles. The van der Waals surface area contributed by atoms with Gasteiger partial charge in [0.15, 0.2) is 5.76 Å². The van der Waals surface area contributed by atoms with Crippen molar-refractivity contribution in [2.24, 2.45) is 0 Å². The fourth-order valence-electron chi connectivity index (χ4n) is 3.38. The zero-order valence-corrected chi connectivity index (χ0v) is 16.0. The molecule has 0 aliphatic carbocycles. The third-order valence-electron chi connectivity index (χ3n) is 4.50. The van der Waals surface area contributed by atoms with E-state index in [9.17, 15) is 9.59 Å². The quantitative estimate of drug-likeness (QED) is 0.678. The summed E-state index contributed by atoms with van der Waals surface area (Å²) < 4.78 is 5.30. The SMILES string of the molecule is CC(=O)N1c2ccc(-c3nnc(C)s3)cc2N(C(=O)c2ccco2)C[C@@H]1C. The van der Waals surface area contributed by atoms with Gasteiger partial charge in [0.1, 0.15) is 10.0 Å². The van der Waals surface area contributed by atoms with Crippen LogP contribution in [-0.4, -0.2) is 34.6 Å². The van der Waals surface area contributed by atoms with E-state index >= 15 is 0 Å². The van der Waals surface area contributed by atoms with Crippen LogP contribution in [0.2, 0.25) is 0 Å². The van der Waals surface area contributed by atoms with Crippen molar-refractivity contribution in [3.05, 3.63) is 47.4 Å². The fourth-order valence-corrected chi connectivity index (χ4v) is 4.06. The van der Waals surface area contributed by atoms with Crippen LogP contribution in [-0.2, 0) is 4.79 Å². The van der Waals surface area contributed by atoms with Crippen molar-refractivity contribution in [3.63, 3.8) is 0 Å². The number of hydrogen-bond acceptors (Lipinski definition) is 6. The molecule has 8 heteroatoms. The van der Waals surface area contributed by atoms with Crippen molar-refractivity contribution in [1.82, 2.24) is 10.2 Å². The van der Waals surface area contributed by atoms with E-state index in [1.54, 1.807) is 21.9 Å². The molecule has 0 spiro atoms. The predicted molar refractivity (Wildman–Crippen MR) is 103 cm³/mol. The molecule has 4 rings (SSSR count). The largest absolute Gasteiger partial charge is 0.459 e. The Kier molecular flexibility index (Phi) is 4.27. The summed E-state index contributed by atoms with van der Waals surface area (Å²) in [6, 6.07) is 8.83. The summed E-state index contributed by atoms with van der Waals surface area (Å²) in [5, 5.41) is 9.89. The Hall–Kier alpha value is -3.00. The molecule has 1 aromatic carbocycles. The molecule has 3 aromatic rings. The minimum Gasteiger partial charge on any atom is -0.459 e. The van der Waals surface area contributed by atoms with Gasteiger partial charge < -0.3 is 14.2 Å². The Morgan fingerprint density at radius 1 is 1.22 bits per heavy atom. The van der Waals surface area contributed by atoms with Crippen molar-refractivity contribution in [3.8, 4) is 10.6 Å². The van der Waals surface area contributed by atoms with E-state index in [-0.39, 0.29) is 23.6 Å². The Morgan fingerprint density at radius 2 is 2.04 bits per heavy atom. The summed E-state index contributed by atoms with van der Waals surface area (Å²) >= 11 is 1.48. The highest BCUT2D eigenvalue weighted by Crippen LogP contribution is 2.40. The first-order valence-electron chi connectivity index (χ1n) is 8.55. The van der Waals surface area contributed by atoms with Gasteiger partial charge in [-0.15, -0.1) is 10.2 Å². The monoisotopic (exact) mass is 382 g/mol. The highest BCUT2D eigenvalue weighted by molar-refractivity contribution is 7.14. The molecule has 27 heavy (non-hydrogen) atoms. The Balaban J connectivity index is 1.85. The van der Waals surface area contributed by atoms with Crippen molar-refractivity contribution in [1.29, 1.82) is 0 Å². The van der Waals surface area contributed by atoms with Gasteiger partial charge in [0.25, 0.3) is 5.91 Å². The lowest BCUT2D eigenvalue weighted by Gasteiger charge is -2.40. The maximum atomic E-state index is 13.0. The number of benzene rings is 1. The molecule has 1 aliphatic heterocycles. The van der Waals surface area contributed by atoms with Gasteiger partial charge in [-0.25, -0.2) is 0 Å². The van der Waals surface area contributed by atoms with Gasteiger partial charge in [0.2, 0.25) is 5.91 Å². The van der Waals surface area contributed by atoms with Gasteiger partial charge in [-0.1, -0.05) is 11.3 Å². The standard InChI is InChI=1S/C19H18N4O3S/c1-11-10-22(19(25)17-5-4-8-26-17)16-9-14(18-21-20-12(2)27-18)6-7-15(16)23(11)13(3)24/h4-9,11H,10H2,1-3H3/t11-/m0/s1. The zero-order chi connectivity index (χ0) is 19.1. The topological polar surface area (TPSA) is 79.5 Å². The van der Waals surface area contributed by atoms with Crippen molar-refractivity contribution in [2.75, 3.05) is 16.3 Å². The molecule has 0 radical (unpaired) electrons. The molecule has 0 fully saturated rings. The Labute approximate surface area is 160 Å². The number of rotatable bonds is 2. The first kappa shape index (κ1) is 17.4. The molecule has 7 nitrogen and oxygen atoms in total. The first-order chi connectivity index (χ1) is 13.0. The average Bonchev–Trinajstić information content (AvgIpc) is 3.31. The molecule has 1 atom stereocenters. The average molecular weight is 382 g/mol. The molecule has 0 N–H and O–H groups in total. The summed E-state index contributed by atoms with van der Waals surface area (Å²) in [6.07, 6.45) is 1.48. The van der Waals surface area contributed by atoms with E-state index in [1.807, 2.05) is 32.0 Å². The number of fused-ring (bicyclic) bond motifs is 1. The molecular formula is C19H18N4O3S. The van der Waals surface area contributed by atoms with Gasteiger partial charge in [0, 0.05) is 19.0 Å². The number of furan rings is 1. The van der Waals surface area contributed by atoms with E-state index in [4.69, 9.17) is 4.42 Å². The number of aromatic nitrogens is 2. The molecule has 0 bridgehead atoms. The second-order valence-corrected chi connectivity index (χ2v) is 7.64. The molecule has 2 aromatic heterocycles. The van der Waals surface area contributed by atoms with Gasteiger partial charge >= 0.3 is 0 Å². The highest BCUT2D eigenvalue weighted by Gasteiger charge is 2.35. The van der Waals surface area contributed by atoms with E-state index in [0.29, 0.717) is 17.9 Å². The van der Waals surface area contributed by atoms with E-state index in [2.05, 4.69) is 10.2 Å². The van der Waals surface area contributed by atoms with Crippen molar-refractivity contribution in [2.45, 2.75) is 26.8 Å². The van der Waals surface area contributed by atoms with Crippen molar-refractivity contribution >= 4 is 34.5 Å². The van der Waals surface area contributed by atoms with E-state index in [1.165, 1.54) is 24.5 Å². The number of aryl methyl sites for hydroxylation is 1. The van der Waals surface area contributed by atoms with Gasteiger partial charge in [-0.05, 0) is 44.2 Å². The number of anilines is 2. The predicted octanol–water partition coefficient (Wildman–Crippen LogP) is 3.51.